The fraction of sp³-hybridized carbons (Fsp3) is 1.00. The van der Waals surface area contributed by atoms with E-state index < -0.39 is 11.1 Å². The van der Waals surface area contributed by atoms with Crippen LogP contribution in [-0.4, -0.2) is 27.2 Å². The maximum atomic E-state index is 10.7. The molecule has 3 nitrogen and oxygen atoms in total. The maximum Gasteiger partial charge on any atom is 0.0782 e. The average molecular weight is 205 g/mol. The number of ether oxygens (including phenoxy) is 1. The largest absolute Gasteiger partial charge is 0.772 e. The first-order valence-corrected chi connectivity index (χ1v) is 6.04. The Hall–Kier alpha value is 0.0700. The quantitative estimate of drug-likeness (QED) is 0.519. The molecule has 1 aliphatic rings. The van der Waals surface area contributed by atoms with Gasteiger partial charge in [-0.25, -0.2) is 0 Å². The molecule has 0 aliphatic heterocycles. The molecule has 0 N–H and O–H groups in total. The predicted octanol–water partition coefficient (Wildman–Crippen LogP) is 1.60. The lowest BCUT2D eigenvalue weighted by Gasteiger charge is -2.32. The third-order valence-electron chi connectivity index (χ3n) is 2.83. The highest BCUT2D eigenvalue weighted by atomic mass is 32.2. The zero-order valence-electron chi connectivity index (χ0n) is 8.08. The Bertz CT molecular complexity index is 174. The van der Waals surface area contributed by atoms with Gasteiger partial charge in [-0.05, 0) is 12.8 Å². The second-order valence-corrected chi connectivity index (χ2v) is 4.65. The smallest absolute Gasteiger partial charge is 0.0782 e. The van der Waals surface area contributed by atoms with E-state index in [2.05, 4.69) is 0 Å². The first kappa shape index (κ1) is 11.1. The highest BCUT2D eigenvalue weighted by molar-refractivity contribution is 7.79. The van der Waals surface area contributed by atoms with Gasteiger partial charge in [-0.3, -0.25) is 4.21 Å². The van der Waals surface area contributed by atoms with E-state index in [0.717, 1.165) is 25.7 Å². The van der Waals surface area contributed by atoms with Crippen LogP contribution in [0.3, 0.4) is 0 Å². The minimum absolute atomic E-state index is 0.156. The van der Waals surface area contributed by atoms with Crippen molar-refractivity contribution >= 4 is 11.1 Å². The summed E-state index contributed by atoms with van der Waals surface area (Å²) in [5.41, 5.74) is -0.386. The molecule has 0 aromatic heterocycles. The Morgan fingerprint density at radius 1 is 1.31 bits per heavy atom. The lowest BCUT2D eigenvalue weighted by molar-refractivity contribution is -0.00355. The van der Waals surface area contributed by atoms with Gasteiger partial charge in [0.15, 0.2) is 0 Å². The van der Waals surface area contributed by atoms with E-state index in [1.807, 2.05) is 0 Å². The third kappa shape index (κ3) is 3.37. The Balaban J connectivity index is 2.58. The first-order valence-electron chi connectivity index (χ1n) is 4.80. The van der Waals surface area contributed by atoms with Gasteiger partial charge in [0.1, 0.15) is 0 Å². The molecule has 1 saturated carbocycles. The molecule has 4 heteroatoms. The van der Waals surface area contributed by atoms with Crippen LogP contribution in [0.1, 0.15) is 38.5 Å². The molecule has 0 bridgehead atoms. The summed E-state index contributed by atoms with van der Waals surface area (Å²) >= 11 is -1.99. The lowest BCUT2D eigenvalue weighted by Crippen LogP contribution is -2.36. The second kappa shape index (κ2) is 5.08. The van der Waals surface area contributed by atoms with Gasteiger partial charge in [0.05, 0.1) is 5.60 Å². The monoisotopic (exact) mass is 205 g/mol. The molecule has 0 aromatic rings. The van der Waals surface area contributed by atoms with Gasteiger partial charge in [0.2, 0.25) is 0 Å². The summed E-state index contributed by atoms with van der Waals surface area (Å²) in [6, 6.07) is 0. The van der Waals surface area contributed by atoms with Crippen LogP contribution in [0.2, 0.25) is 0 Å². The maximum absolute atomic E-state index is 10.7. The molecule has 1 atom stereocenters. The normalized spacial score (nSPS) is 25.1. The summed E-state index contributed by atoms with van der Waals surface area (Å²) in [4.78, 5) is 0. The van der Waals surface area contributed by atoms with Crippen molar-refractivity contribution in [2.75, 3.05) is 12.9 Å². The van der Waals surface area contributed by atoms with Gasteiger partial charge in [-0.15, -0.1) is 0 Å². The molecule has 1 rings (SSSR count). The van der Waals surface area contributed by atoms with Crippen LogP contribution in [0.4, 0.5) is 0 Å². The van der Waals surface area contributed by atoms with Crippen molar-refractivity contribution in [3.05, 3.63) is 0 Å². The van der Waals surface area contributed by atoms with Gasteiger partial charge < -0.3 is 9.29 Å². The average Bonchev–Trinajstić information content (AvgIpc) is 2.30. The summed E-state index contributed by atoms with van der Waals surface area (Å²) in [7, 11) is 1.62. The van der Waals surface area contributed by atoms with Crippen molar-refractivity contribution in [3.8, 4) is 0 Å². The van der Waals surface area contributed by atoms with Gasteiger partial charge in [-0.2, -0.15) is 0 Å². The van der Waals surface area contributed by atoms with Crippen LogP contribution in [0, 0.1) is 0 Å². The van der Waals surface area contributed by atoms with Crippen LogP contribution in [0.25, 0.3) is 0 Å². The molecule has 1 fully saturated rings. The lowest BCUT2D eigenvalue weighted by atomic mass is 9.97. The predicted molar refractivity (Wildman–Crippen MR) is 51.2 cm³/mol. The molecule has 0 saturated heterocycles. The van der Waals surface area contributed by atoms with E-state index in [9.17, 15) is 8.76 Å². The fourth-order valence-electron chi connectivity index (χ4n) is 2.00. The Labute approximate surface area is 82.1 Å². The zero-order valence-corrected chi connectivity index (χ0v) is 8.90. The molecule has 0 radical (unpaired) electrons. The molecule has 0 amide bonds. The Kier molecular flexibility index (Phi) is 4.35. The van der Waals surface area contributed by atoms with Crippen LogP contribution < -0.4 is 0 Å². The highest BCUT2D eigenvalue weighted by Crippen LogP contribution is 2.30. The third-order valence-corrected chi connectivity index (χ3v) is 3.59. The number of hydrogen-bond acceptors (Lipinski definition) is 3. The zero-order chi connectivity index (χ0) is 9.73. The molecule has 0 spiro atoms. The van der Waals surface area contributed by atoms with Crippen molar-refractivity contribution < 1.29 is 13.5 Å². The van der Waals surface area contributed by atoms with Gasteiger partial charge in [0.25, 0.3) is 0 Å². The molecule has 78 valence electrons. The van der Waals surface area contributed by atoms with Crippen molar-refractivity contribution in [1.29, 1.82) is 0 Å². The van der Waals surface area contributed by atoms with Crippen LogP contribution >= 0.6 is 0 Å². The summed E-state index contributed by atoms with van der Waals surface area (Å²) in [5, 5.41) is 0. The summed E-state index contributed by atoms with van der Waals surface area (Å²) in [6.07, 6.45) is 6.36. The Morgan fingerprint density at radius 2 is 1.85 bits per heavy atom. The van der Waals surface area contributed by atoms with Crippen LogP contribution in [0.15, 0.2) is 0 Å². The van der Waals surface area contributed by atoms with Gasteiger partial charge >= 0.3 is 0 Å². The van der Waals surface area contributed by atoms with Gasteiger partial charge in [-0.1, -0.05) is 36.8 Å². The molecule has 13 heavy (non-hydrogen) atoms. The van der Waals surface area contributed by atoms with Crippen LogP contribution in [0.5, 0.6) is 0 Å². The molecule has 0 aromatic carbocycles. The second-order valence-electron chi connectivity index (χ2n) is 3.75. The molecule has 0 heterocycles. The molecule has 1 unspecified atom stereocenters. The fourth-order valence-corrected chi connectivity index (χ4v) is 2.83. The number of methoxy groups -OCH3 is 1. The Morgan fingerprint density at radius 3 is 2.23 bits per heavy atom. The van der Waals surface area contributed by atoms with E-state index >= 15 is 0 Å². The van der Waals surface area contributed by atoms with Crippen molar-refractivity contribution in [2.24, 2.45) is 0 Å². The van der Waals surface area contributed by atoms with E-state index in [0.29, 0.717) is 0 Å². The minimum Gasteiger partial charge on any atom is -0.772 e. The summed E-state index contributed by atoms with van der Waals surface area (Å²) in [6.45, 7) is 0. The highest BCUT2D eigenvalue weighted by Gasteiger charge is 2.30. The van der Waals surface area contributed by atoms with E-state index in [4.69, 9.17) is 4.74 Å². The van der Waals surface area contributed by atoms with Gasteiger partial charge in [0, 0.05) is 12.9 Å². The van der Waals surface area contributed by atoms with Crippen molar-refractivity contribution in [1.82, 2.24) is 0 Å². The molecular weight excluding hydrogens is 188 g/mol. The summed E-state index contributed by atoms with van der Waals surface area (Å²) in [5.74, 6) is 0.156. The van der Waals surface area contributed by atoms with E-state index in [-0.39, 0.29) is 11.4 Å². The minimum atomic E-state index is -1.99. The van der Waals surface area contributed by atoms with Crippen molar-refractivity contribution in [3.63, 3.8) is 0 Å². The number of rotatable bonds is 3. The standard InChI is InChI=1S/C9H18O3S/c1-12-9(8-13(10)11)6-4-2-3-5-7-9/h2-8H2,1H3,(H,10,11)/p-1. The number of hydrogen-bond donors (Lipinski definition) is 0. The first-order chi connectivity index (χ1) is 6.18. The summed E-state index contributed by atoms with van der Waals surface area (Å²) < 4.78 is 26.7. The van der Waals surface area contributed by atoms with E-state index in [1.165, 1.54) is 12.8 Å². The van der Waals surface area contributed by atoms with E-state index in [1.54, 1.807) is 7.11 Å². The van der Waals surface area contributed by atoms with Crippen molar-refractivity contribution in [2.45, 2.75) is 44.1 Å². The molecule has 1 aliphatic carbocycles. The topological polar surface area (TPSA) is 49.4 Å². The van der Waals surface area contributed by atoms with Crippen LogP contribution in [-0.2, 0) is 15.8 Å². The molecular formula is C9H17O3S-. The SMILES string of the molecule is COC1(CS(=O)[O-])CCCCCC1.